The molecule has 2 aromatic carbocycles. The zero-order chi connectivity index (χ0) is 21.6. The second-order valence-corrected chi connectivity index (χ2v) is 7.78. The molecule has 1 unspecified atom stereocenters. The van der Waals surface area contributed by atoms with E-state index in [9.17, 15) is 4.79 Å². The number of nitrogens with one attached hydrogen (secondary N) is 1. The van der Waals surface area contributed by atoms with Gasteiger partial charge in [0.2, 0.25) is 5.91 Å². The number of hydrogen-bond donors (Lipinski definition) is 1. The van der Waals surface area contributed by atoms with Gasteiger partial charge >= 0.3 is 0 Å². The van der Waals surface area contributed by atoms with E-state index in [1.165, 1.54) is 0 Å². The minimum absolute atomic E-state index is 0.0391. The molecule has 1 aromatic heterocycles. The molecule has 0 radical (unpaired) electrons. The average molecular weight is 421 g/mol. The Morgan fingerprint density at radius 2 is 2.16 bits per heavy atom. The third-order valence-electron chi connectivity index (χ3n) is 5.34. The first kappa shape index (κ1) is 20.9. The van der Waals surface area contributed by atoms with Crippen molar-refractivity contribution in [2.24, 2.45) is 0 Å². The SMILES string of the molecule is COc1ccc2c(c1)OC(C)CN(CCC(=O)NCc1cccc(-n3cccn3)c1)C2. The van der Waals surface area contributed by atoms with Gasteiger partial charge < -0.3 is 14.8 Å². The molecular weight excluding hydrogens is 392 g/mol. The van der Waals surface area contributed by atoms with E-state index in [0.717, 1.165) is 41.4 Å². The standard InChI is InChI=1S/C24H28N4O3/c1-18-16-27(17-20-7-8-22(30-2)14-23(20)31-18)12-9-24(29)25-15-19-5-3-6-21(13-19)28-11-4-10-26-28/h3-8,10-11,13-14,18H,9,12,15-17H2,1-2H3,(H,25,29). The van der Waals surface area contributed by atoms with Crippen molar-refractivity contribution in [1.29, 1.82) is 0 Å². The van der Waals surface area contributed by atoms with E-state index in [0.29, 0.717) is 19.5 Å². The second kappa shape index (κ2) is 9.66. The number of hydrogen-bond acceptors (Lipinski definition) is 5. The predicted molar refractivity (Wildman–Crippen MR) is 118 cm³/mol. The van der Waals surface area contributed by atoms with Crippen LogP contribution in [0.2, 0.25) is 0 Å². The molecule has 3 aromatic rings. The summed E-state index contributed by atoms with van der Waals surface area (Å²) < 4.78 is 13.2. The van der Waals surface area contributed by atoms with Crippen LogP contribution in [-0.4, -0.2) is 46.9 Å². The van der Waals surface area contributed by atoms with Crippen molar-refractivity contribution >= 4 is 5.91 Å². The molecule has 0 aliphatic carbocycles. The Kier molecular flexibility index (Phi) is 6.52. The first-order chi connectivity index (χ1) is 15.1. The maximum Gasteiger partial charge on any atom is 0.221 e. The van der Waals surface area contributed by atoms with E-state index < -0.39 is 0 Å². The van der Waals surface area contributed by atoms with Crippen LogP contribution in [-0.2, 0) is 17.9 Å². The molecule has 1 aliphatic rings. The Bertz CT molecular complexity index is 1020. The van der Waals surface area contributed by atoms with Gasteiger partial charge in [-0.3, -0.25) is 9.69 Å². The molecule has 7 heteroatoms. The first-order valence-corrected chi connectivity index (χ1v) is 10.5. The smallest absolute Gasteiger partial charge is 0.221 e. The van der Waals surface area contributed by atoms with Gasteiger partial charge in [-0.1, -0.05) is 18.2 Å². The largest absolute Gasteiger partial charge is 0.497 e. The third-order valence-corrected chi connectivity index (χ3v) is 5.34. The number of fused-ring (bicyclic) bond motifs is 1. The highest BCUT2D eigenvalue weighted by molar-refractivity contribution is 5.76. The number of aromatic nitrogens is 2. The minimum Gasteiger partial charge on any atom is -0.497 e. The lowest BCUT2D eigenvalue weighted by Gasteiger charge is -2.21. The van der Waals surface area contributed by atoms with Crippen molar-refractivity contribution in [1.82, 2.24) is 20.0 Å². The lowest BCUT2D eigenvalue weighted by molar-refractivity contribution is -0.121. The van der Waals surface area contributed by atoms with E-state index >= 15 is 0 Å². The zero-order valence-electron chi connectivity index (χ0n) is 18.0. The van der Waals surface area contributed by atoms with Crippen LogP contribution in [0.25, 0.3) is 5.69 Å². The Morgan fingerprint density at radius 3 is 2.97 bits per heavy atom. The summed E-state index contributed by atoms with van der Waals surface area (Å²) in [5, 5.41) is 7.28. The van der Waals surface area contributed by atoms with E-state index in [1.54, 1.807) is 18.0 Å². The van der Waals surface area contributed by atoms with Crippen LogP contribution in [0.4, 0.5) is 0 Å². The van der Waals surface area contributed by atoms with E-state index in [1.807, 2.05) is 61.7 Å². The predicted octanol–water partition coefficient (Wildman–Crippen LogP) is 3.17. The fraction of sp³-hybridized carbons (Fsp3) is 0.333. The van der Waals surface area contributed by atoms with Crippen molar-refractivity contribution in [3.05, 3.63) is 72.1 Å². The van der Waals surface area contributed by atoms with Crippen LogP contribution >= 0.6 is 0 Å². The molecule has 1 aliphatic heterocycles. The van der Waals surface area contributed by atoms with Crippen LogP contribution in [0, 0.1) is 0 Å². The van der Waals surface area contributed by atoms with Crippen LogP contribution in [0.1, 0.15) is 24.5 Å². The first-order valence-electron chi connectivity index (χ1n) is 10.5. The number of rotatable bonds is 7. The normalized spacial score (nSPS) is 16.1. The van der Waals surface area contributed by atoms with E-state index in [4.69, 9.17) is 9.47 Å². The van der Waals surface area contributed by atoms with Gasteiger partial charge in [0.15, 0.2) is 0 Å². The number of benzene rings is 2. The summed E-state index contributed by atoms with van der Waals surface area (Å²) in [7, 11) is 1.65. The maximum absolute atomic E-state index is 12.5. The third kappa shape index (κ3) is 5.44. The monoisotopic (exact) mass is 420 g/mol. The fourth-order valence-electron chi connectivity index (χ4n) is 3.77. The van der Waals surface area contributed by atoms with Crippen LogP contribution in [0.3, 0.4) is 0 Å². The molecule has 0 bridgehead atoms. The zero-order valence-corrected chi connectivity index (χ0v) is 18.0. The summed E-state index contributed by atoms with van der Waals surface area (Å²) in [6.45, 7) is 4.75. The molecule has 31 heavy (non-hydrogen) atoms. The highest BCUT2D eigenvalue weighted by Gasteiger charge is 2.21. The van der Waals surface area contributed by atoms with Gasteiger partial charge in [-0.25, -0.2) is 4.68 Å². The minimum atomic E-state index is 0.0391. The molecule has 1 amide bonds. The van der Waals surface area contributed by atoms with Gasteiger partial charge in [0.05, 0.1) is 12.8 Å². The Morgan fingerprint density at radius 1 is 1.26 bits per heavy atom. The number of amides is 1. The summed E-state index contributed by atoms with van der Waals surface area (Å²) in [6, 6.07) is 15.8. The molecule has 4 rings (SSSR count). The van der Waals surface area contributed by atoms with Crippen LogP contribution < -0.4 is 14.8 Å². The number of methoxy groups -OCH3 is 1. The lowest BCUT2D eigenvalue weighted by atomic mass is 10.1. The summed E-state index contributed by atoms with van der Waals surface area (Å²) in [4.78, 5) is 14.7. The van der Waals surface area contributed by atoms with E-state index in [-0.39, 0.29) is 12.0 Å². The molecule has 2 heterocycles. The van der Waals surface area contributed by atoms with Gasteiger partial charge in [0.25, 0.3) is 0 Å². The van der Waals surface area contributed by atoms with Gasteiger partial charge in [-0.05, 0) is 36.8 Å². The van der Waals surface area contributed by atoms with Crippen molar-refractivity contribution in [3.8, 4) is 17.2 Å². The van der Waals surface area contributed by atoms with Crippen molar-refractivity contribution in [2.45, 2.75) is 32.5 Å². The summed E-state index contributed by atoms with van der Waals surface area (Å²) >= 11 is 0. The molecular formula is C24H28N4O3. The highest BCUT2D eigenvalue weighted by Crippen LogP contribution is 2.29. The summed E-state index contributed by atoms with van der Waals surface area (Å²) in [6.07, 6.45) is 4.13. The Balaban J connectivity index is 1.30. The summed E-state index contributed by atoms with van der Waals surface area (Å²) in [5.74, 6) is 1.68. The highest BCUT2D eigenvalue weighted by atomic mass is 16.5. The van der Waals surface area contributed by atoms with E-state index in [2.05, 4.69) is 15.3 Å². The van der Waals surface area contributed by atoms with Gasteiger partial charge in [-0.2, -0.15) is 5.10 Å². The number of nitrogens with zero attached hydrogens (tertiary/aromatic N) is 3. The topological polar surface area (TPSA) is 68.6 Å². The Labute approximate surface area is 182 Å². The lowest BCUT2D eigenvalue weighted by Crippen LogP contribution is -2.34. The quantitative estimate of drug-likeness (QED) is 0.636. The molecule has 0 saturated heterocycles. The second-order valence-electron chi connectivity index (χ2n) is 7.78. The van der Waals surface area contributed by atoms with Gasteiger partial charge in [0, 0.05) is 56.6 Å². The summed E-state index contributed by atoms with van der Waals surface area (Å²) in [5.41, 5.74) is 3.13. The Hall–Kier alpha value is -3.32. The molecule has 7 nitrogen and oxygen atoms in total. The molecule has 0 spiro atoms. The number of carbonyl (C=O) groups excluding carboxylic acids is 1. The van der Waals surface area contributed by atoms with Gasteiger partial charge in [-0.15, -0.1) is 0 Å². The number of carbonyl (C=O) groups is 1. The van der Waals surface area contributed by atoms with Crippen LogP contribution in [0.5, 0.6) is 11.5 Å². The van der Waals surface area contributed by atoms with Crippen molar-refractivity contribution in [3.63, 3.8) is 0 Å². The van der Waals surface area contributed by atoms with Crippen molar-refractivity contribution < 1.29 is 14.3 Å². The molecule has 1 atom stereocenters. The van der Waals surface area contributed by atoms with Gasteiger partial charge in [0.1, 0.15) is 17.6 Å². The average Bonchev–Trinajstić information content (AvgIpc) is 3.27. The van der Waals surface area contributed by atoms with Crippen molar-refractivity contribution in [2.75, 3.05) is 20.2 Å². The maximum atomic E-state index is 12.5. The van der Waals surface area contributed by atoms with Crippen LogP contribution in [0.15, 0.2) is 60.9 Å². The molecule has 162 valence electrons. The fourth-order valence-corrected chi connectivity index (χ4v) is 3.77. The number of ether oxygens (including phenoxy) is 2. The molecule has 1 N–H and O–H groups in total. The molecule has 0 saturated carbocycles. The molecule has 0 fully saturated rings.